The second-order valence-electron chi connectivity index (χ2n) is 8.35. The number of piperazine rings is 1. The molecule has 4 rings (SSSR count). The number of carbonyl (C=O) groups is 1. The highest BCUT2D eigenvalue weighted by Crippen LogP contribution is 2.23. The standard InChI is InChI=1S/C23H30N8O/c1-16-19(9-7-17-8-10-20(24)26-15-17)21(29-22(25)27-16)30-11-13-31(14-12-30)23(32)28-18-5-3-2-4-6-18/h8,10,15,18H,2-6,11-14H2,1H3,(H2,24,26)(H,28,32)(H2,25,27,29). The van der Waals surface area contributed by atoms with E-state index in [9.17, 15) is 4.79 Å². The molecule has 0 bridgehead atoms. The van der Waals surface area contributed by atoms with Crippen molar-refractivity contribution in [2.75, 3.05) is 42.5 Å². The van der Waals surface area contributed by atoms with Crippen LogP contribution in [0.4, 0.5) is 22.4 Å². The van der Waals surface area contributed by atoms with Crippen molar-refractivity contribution < 1.29 is 4.79 Å². The highest BCUT2D eigenvalue weighted by Gasteiger charge is 2.26. The molecule has 2 aromatic heterocycles. The predicted octanol–water partition coefficient (Wildman–Crippen LogP) is 1.91. The largest absolute Gasteiger partial charge is 0.384 e. The molecule has 2 amide bonds. The minimum atomic E-state index is 0.0331. The zero-order chi connectivity index (χ0) is 22.5. The Morgan fingerprint density at radius 2 is 1.81 bits per heavy atom. The zero-order valence-electron chi connectivity index (χ0n) is 18.5. The third-order valence-corrected chi connectivity index (χ3v) is 6.01. The van der Waals surface area contributed by atoms with Crippen LogP contribution in [0.25, 0.3) is 0 Å². The van der Waals surface area contributed by atoms with E-state index in [2.05, 4.69) is 37.0 Å². The Kier molecular flexibility index (Phi) is 6.59. The van der Waals surface area contributed by atoms with Crippen LogP contribution in [0, 0.1) is 18.8 Å². The summed E-state index contributed by atoms with van der Waals surface area (Å²) in [5.74, 6) is 7.67. The summed E-state index contributed by atoms with van der Waals surface area (Å²) in [5, 5.41) is 3.20. The molecule has 0 aromatic carbocycles. The number of nitrogens with zero attached hydrogens (tertiary/aromatic N) is 5. The lowest BCUT2D eigenvalue weighted by Crippen LogP contribution is -2.54. The molecule has 0 spiro atoms. The number of amides is 2. The normalized spacial score (nSPS) is 16.9. The molecule has 2 aliphatic rings. The van der Waals surface area contributed by atoms with Crippen LogP contribution in [0.2, 0.25) is 0 Å². The molecule has 32 heavy (non-hydrogen) atoms. The van der Waals surface area contributed by atoms with Gasteiger partial charge in [0.15, 0.2) is 0 Å². The number of carbonyl (C=O) groups excluding carboxylic acids is 1. The van der Waals surface area contributed by atoms with Gasteiger partial charge in [0.05, 0.1) is 11.3 Å². The van der Waals surface area contributed by atoms with Gasteiger partial charge in [0.1, 0.15) is 11.6 Å². The minimum absolute atomic E-state index is 0.0331. The van der Waals surface area contributed by atoms with Crippen molar-refractivity contribution in [2.24, 2.45) is 0 Å². The van der Waals surface area contributed by atoms with Crippen LogP contribution in [-0.2, 0) is 0 Å². The number of hydrogen-bond donors (Lipinski definition) is 3. The highest BCUT2D eigenvalue weighted by atomic mass is 16.2. The monoisotopic (exact) mass is 434 g/mol. The molecule has 0 atom stereocenters. The molecule has 3 heterocycles. The van der Waals surface area contributed by atoms with Gasteiger partial charge in [-0.3, -0.25) is 0 Å². The first-order valence-corrected chi connectivity index (χ1v) is 11.2. The number of nitrogens with two attached hydrogens (primary N) is 2. The van der Waals surface area contributed by atoms with Crippen LogP contribution in [0.5, 0.6) is 0 Å². The third kappa shape index (κ3) is 5.19. The van der Waals surface area contributed by atoms with E-state index in [4.69, 9.17) is 11.5 Å². The molecule has 2 fully saturated rings. The second-order valence-corrected chi connectivity index (χ2v) is 8.35. The summed E-state index contributed by atoms with van der Waals surface area (Å²) < 4.78 is 0. The van der Waals surface area contributed by atoms with Crippen molar-refractivity contribution in [1.82, 2.24) is 25.2 Å². The maximum atomic E-state index is 12.7. The van der Waals surface area contributed by atoms with Crippen LogP contribution in [0.1, 0.15) is 48.9 Å². The van der Waals surface area contributed by atoms with E-state index in [1.165, 1.54) is 19.3 Å². The molecule has 2 aromatic rings. The maximum Gasteiger partial charge on any atom is 0.317 e. The van der Waals surface area contributed by atoms with Crippen LogP contribution in [0.3, 0.4) is 0 Å². The first kappa shape index (κ1) is 21.7. The molecular weight excluding hydrogens is 404 g/mol. The summed E-state index contributed by atoms with van der Waals surface area (Å²) in [6.07, 6.45) is 7.46. The van der Waals surface area contributed by atoms with Gasteiger partial charge < -0.3 is 26.6 Å². The Balaban J connectivity index is 1.46. The van der Waals surface area contributed by atoms with Crippen molar-refractivity contribution in [3.8, 4) is 11.8 Å². The highest BCUT2D eigenvalue weighted by molar-refractivity contribution is 5.75. The number of nitrogen functional groups attached to an aromatic ring is 2. The lowest BCUT2D eigenvalue weighted by molar-refractivity contribution is 0.186. The van der Waals surface area contributed by atoms with Crippen molar-refractivity contribution in [3.63, 3.8) is 0 Å². The molecule has 1 saturated carbocycles. The fourth-order valence-corrected chi connectivity index (χ4v) is 4.20. The summed E-state index contributed by atoms with van der Waals surface area (Å²) in [7, 11) is 0. The van der Waals surface area contributed by atoms with Crippen molar-refractivity contribution in [2.45, 2.75) is 45.1 Å². The summed E-state index contributed by atoms with van der Waals surface area (Å²) in [4.78, 5) is 29.5. The van der Waals surface area contributed by atoms with Gasteiger partial charge in [0.2, 0.25) is 5.95 Å². The van der Waals surface area contributed by atoms with Gasteiger partial charge in [0, 0.05) is 44.0 Å². The first-order valence-electron chi connectivity index (χ1n) is 11.2. The predicted molar refractivity (Wildman–Crippen MR) is 125 cm³/mol. The van der Waals surface area contributed by atoms with E-state index in [0.717, 1.165) is 29.7 Å². The Morgan fingerprint density at radius 1 is 1.06 bits per heavy atom. The van der Waals surface area contributed by atoms with Crippen molar-refractivity contribution in [1.29, 1.82) is 0 Å². The number of aryl methyl sites for hydroxylation is 1. The number of rotatable bonds is 2. The van der Waals surface area contributed by atoms with E-state index >= 15 is 0 Å². The zero-order valence-corrected chi connectivity index (χ0v) is 18.5. The van der Waals surface area contributed by atoms with Gasteiger partial charge in [-0.05, 0) is 31.9 Å². The molecule has 1 aliphatic carbocycles. The molecule has 1 saturated heterocycles. The topological polar surface area (TPSA) is 126 Å². The van der Waals surface area contributed by atoms with E-state index < -0.39 is 0 Å². The van der Waals surface area contributed by atoms with Gasteiger partial charge in [-0.15, -0.1) is 0 Å². The molecule has 5 N–H and O–H groups in total. The molecule has 0 unspecified atom stereocenters. The van der Waals surface area contributed by atoms with Crippen LogP contribution < -0.4 is 21.7 Å². The number of urea groups is 1. The van der Waals surface area contributed by atoms with E-state index in [-0.39, 0.29) is 12.0 Å². The van der Waals surface area contributed by atoms with E-state index in [1.807, 2.05) is 17.9 Å². The quantitative estimate of drug-likeness (QED) is 0.616. The Morgan fingerprint density at radius 3 is 2.50 bits per heavy atom. The molecule has 1 aliphatic heterocycles. The average molecular weight is 435 g/mol. The Labute approximate surface area is 188 Å². The fraction of sp³-hybridized carbons (Fsp3) is 0.478. The number of aromatic nitrogens is 3. The molecule has 9 nitrogen and oxygen atoms in total. The van der Waals surface area contributed by atoms with Crippen molar-refractivity contribution >= 4 is 23.6 Å². The molecule has 9 heteroatoms. The summed E-state index contributed by atoms with van der Waals surface area (Å²) >= 11 is 0. The Bertz CT molecular complexity index is 1010. The molecule has 0 radical (unpaired) electrons. The van der Waals surface area contributed by atoms with Crippen LogP contribution in [0.15, 0.2) is 18.3 Å². The SMILES string of the molecule is Cc1nc(N)nc(N2CCN(C(=O)NC3CCCCC3)CC2)c1C#Cc1ccc(N)nc1. The number of anilines is 3. The van der Waals surface area contributed by atoms with Gasteiger partial charge in [0.25, 0.3) is 0 Å². The fourth-order valence-electron chi connectivity index (χ4n) is 4.20. The number of nitrogens with one attached hydrogen (secondary N) is 1. The summed E-state index contributed by atoms with van der Waals surface area (Å²) in [6, 6.07) is 3.88. The van der Waals surface area contributed by atoms with Gasteiger partial charge in [-0.25, -0.2) is 14.8 Å². The van der Waals surface area contributed by atoms with E-state index in [0.29, 0.717) is 43.9 Å². The third-order valence-electron chi connectivity index (χ3n) is 6.01. The van der Waals surface area contributed by atoms with Gasteiger partial charge >= 0.3 is 6.03 Å². The lowest BCUT2D eigenvalue weighted by atomic mass is 9.96. The van der Waals surface area contributed by atoms with Crippen LogP contribution >= 0.6 is 0 Å². The second kappa shape index (κ2) is 9.73. The average Bonchev–Trinajstić information content (AvgIpc) is 2.80. The first-order chi connectivity index (χ1) is 15.5. The molecular formula is C23H30N8O. The smallest absolute Gasteiger partial charge is 0.317 e. The summed E-state index contributed by atoms with van der Waals surface area (Å²) in [5.41, 5.74) is 13.8. The van der Waals surface area contributed by atoms with E-state index in [1.54, 1.807) is 12.3 Å². The van der Waals surface area contributed by atoms with Gasteiger partial charge in [-0.2, -0.15) is 4.98 Å². The minimum Gasteiger partial charge on any atom is -0.384 e. The Hall–Kier alpha value is -3.54. The molecule has 168 valence electrons. The van der Waals surface area contributed by atoms with Gasteiger partial charge in [-0.1, -0.05) is 31.1 Å². The number of pyridine rings is 1. The maximum absolute atomic E-state index is 12.7. The number of hydrogen-bond acceptors (Lipinski definition) is 7. The lowest BCUT2D eigenvalue weighted by Gasteiger charge is -2.37. The van der Waals surface area contributed by atoms with Crippen LogP contribution in [-0.4, -0.2) is 58.1 Å². The van der Waals surface area contributed by atoms with Crippen molar-refractivity contribution in [3.05, 3.63) is 35.2 Å². The summed E-state index contributed by atoms with van der Waals surface area (Å²) in [6.45, 7) is 4.44.